The highest BCUT2D eigenvalue weighted by atomic mass is 16.6. The molecule has 0 aromatic heterocycles. The van der Waals surface area contributed by atoms with Crippen LogP contribution in [0.5, 0.6) is 0 Å². The van der Waals surface area contributed by atoms with Crippen LogP contribution in [0.4, 0.5) is 0 Å². The smallest absolute Gasteiger partial charge is 0.184 e. The number of methoxy groups -OCH3 is 1. The Morgan fingerprint density at radius 3 is 2.23 bits per heavy atom. The van der Waals surface area contributed by atoms with E-state index in [1.807, 2.05) is 0 Å². The normalized spacial score (nSPS) is 46.4. The van der Waals surface area contributed by atoms with Crippen molar-refractivity contribution in [2.45, 2.75) is 30.7 Å². The maximum atomic E-state index is 9.33. The lowest BCUT2D eigenvalue weighted by Gasteiger charge is -2.37. The fourth-order valence-corrected chi connectivity index (χ4v) is 1.23. The Bertz CT molecular complexity index is 163. The number of ether oxygens (including phenoxy) is 2. The summed E-state index contributed by atoms with van der Waals surface area (Å²) in [7, 11) is 1.40. The Hall–Kier alpha value is -0.240. The Morgan fingerprint density at radius 1 is 1.08 bits per heavy atom. The van der Waals surface area contributed by atoms with Crippen molar-refractivity contribution in [1.82, 2.24) is 0 Å². The van der Waals surface area contributed by atoms with Crippen molar-refractivity contribution >= 4 is 0 Å². The molecule has 1 aliphatic rings. The monoisotopic (exact) mass is 194 g/mol. The Labute approximate surface area is 75.3 Å². The predicted molar refractivity (Wildman–Crippen MR) is 40.8 cm³/mol. The van der Waals surface area contributed by atoms with Crippen molar-refractivity contribution in [2.75, 3.05) is 13.7 Å². The minimum Gasteiger partial charge on any atom is -0.387 e. The molecular weight excluding hydrogens is 180 g/mol. The van der Waals surface area contributed by atoms with Crippen molar-refractivity contribution in [1.29, 1.82) is 0 Å². The van der Waals surface area contributed by atoms with Gasteiger partial charge in [0, 0.05) is 7.11 Å². The summed E-state index contributed by atoms with van der Waals surface area (Å²) in [5, 5.41) is 36.7. The minimum absolute atomic E-state index is 0.0437. The zero-order valence-electron chi connectivity index (χ0n) is 7.20. The molecule has 0 aromatic carbocycles. The molecule has 0 aliphatic carbocycles. The molecular formula is C7H14O6. The quantitative estimate of drug-likeness (QED) is 0.386. The van der Waals surface area contributed by atoms with Gasteiger partial charge in [-0.2, -0.15) is 0 Å². The summed E-state index contributed by atoms with van der Waals surface area (Å²) in [6, 6.07) is 0. The molecule has 5 atom stereocenters. The highest BCUT2D eigenvalue weighted by Gasteiger charge is 2.42. The molecule has 1 rings (SSSR count). The first-order valence-electron chi connectivity index (χ1n) is 3.94. The van der Waals surface area contributed by atoms with Crippen molar-refractivity contribution in [2.24, 2.45) is 0 Å². The van der Waals surface area contributed by atoms with Crippen molar-refractivity contribution in [3.63, 3.8) is 0 Å². The topological polar surface area (TPSA) is 99.4 Å². The van der Waals surface area contributed by atoms with E-state index >= 15 is 0 Å². The number of aliphatic hydroxyl groups excluding tert-OH is 4. The molecule has 1 fully saturated rings. The van der Waals surface area contributed by atoms with Crippen LogP contribution >= 0.6 is 0 Å². The maximum Gasteiger partial charge on any atom is 0.184 e. The van der Waals surface area contributed by atoms with E-state index < -0.39 is 30.7 Å². The van der Waals surface area contributed by atoms with Crippen molar-refractivity contribution < 1.29 is 29.9 Å². The molecule has 78 valence electrons. The predicted octanol–water partition coefficient (Wildman–Crippen LogP) is -2.57. The van der Waals surface area contributed by atoms with Crippen molar-refractivity contribution in [3.8, 4) is 0 Å². The average molecular weight is 194 g/mol. The van der Waals surface area contributed by atoms with Gasteiger partial charge >= 0.3 is 0 Å². The van der Waals surface area contributed by atoms with Gasteiger partial charge in [0.05, 0.1) is 6.61 Å². The fourth-order valence-electron chi connectivity index (χ4n) is 1.23. The van der Waals surface area contributed by atoms with Gasteiger partial charge in [-0.25, -0.2) is 0 Å². The zero-order valence-corrected chi connectivity index (χ0v) is 7.20. The van der Waals surface area contributed by atoms with Gasteiger partial charge < -0.3 is 29.9 Å². The third-order valence-electron chi connectivity index (χ3n) is 2.02. The van der Waals surface area contributed by atoms with Gasteiger partial charge in [0.25, 0.3) is 0 Å². The van der Waals surface area contributed by atoms with Gasteiger partial charge in [-0.3, -0.25) is 0 Å². The lowest BCUT2D eigenvalue weighted by atomic mass is 9.99. The highest BCUT2D eigenvalue weighted by molar-refractivity contribution is 4.88. The van der Waals surface area contributed by atoms with E-state index in [9.17, 15) is 10.2 Å². The van der Waals surface area contributed by atoms with Crippen LogP contribution in [-0.2, 0) is 9.47 Å². The van der Waals surface area contributed by atoms with Gasteiger partial charge in [0.15, 0.2) is 6.29 Å². The summed E-state index contributed by atoms with van der Waals surface area (Å²) in [5.74, 6) is 0. The lowest BCUT2D eigenvalue weighted by Crippen LogP contribution is -2.58. The molecule has 0 spiro atoms. The molecule has 4 N–H and O–H groups in total. The van der Waals surface area contributed by atoms with Gasteiger partial charge in [0.2, 0.25) is 0 Å². The summed E-state index contributed by atoms with van der Waals surface area (Å²) >= 11 is 0. The minimum atomic E-state index is -1.49. The zero-order chi connectivity index (χ0) is 10.0. The molecule has 0 saturated carbocycles. The van der Waals surface area contributed by atoms with Crippen molar-refractivity contribution in [3.05, 3.63) is 0 Å². The number of rotatable bonds is 2. The van der Waals surface area contributed by atoms with E-state index in [1.165, 1.54) is 7.11 Å². The van der Waals surface area contributed by atoms with E-state index in [1.54, 1.807) is 0 Å². The molecule has 0 amide bonds. The second kappa shape index (κ2) is 4.32. The van der Waals surface area contributed by atoms with Crippen LogP contribution in [0, 0.1) is 0 Å². The lowest BCUT2D eigenvalue weighted by molar-refractivity contribution is -0.287. The molecule has 3 unspecified atom stereocenters. The van der Waals surface area contributed by atoms with Crippen LogP contribution in [0.3, 0.4) is 0 Å². The van der Waals surface area contributed by atoms with E-state index in [0.29, 0.717) is 0 Å². The summed E-state index contributed by atoms with van der Waals surface area (Å²) < 4.78 is 9.49. The second-order valence-corrected chi connectivity index (χ2v) is 2.99. The molecule has 6 nitrogen and oxygen atoms in total. The SMILES string of the molecule is COCC1O[C@H](O)[C@H](O)C(O)C1O. The van der Waals surface area contributed by atoms with Crippen LogP contribution in [0.15, 0.2) is 0 Å². The van der Waals surface area contributed by atoms with E-state index in [4.69, 9.17) is 19.7 Å². The van der Waals surface area contributed by atoms with Crippen LogP contribution in [-0.4, -0.2) is 64.8 Å². The molecule has 0 aromatic rings. The first kappa shape index (κ1) is 10.8. The van der Waals surface area contributed by atoms with Crippen LogP contribution in [0.2, 0.25) is 0 Å². The maximum absolute atomic E-state index is 9.33. The van der Waals surface area contributed by atoms with Gasteiger partial charge in [-0.05, 0) is 0 Å². The molecule has 1 aliphatic heterocycles. The van der Waals surface area contributed by atoms with Crippen LogP contribution < -0.4 is 0 Å². The largest absolute Gasteiger partial charge is 0.387 e. The van der Waals surface area contributed by atoms with E-state index in [0.717, 1.165) is 0 Å². The van der Waals surface area contributed by atoms with Gasteiger partial charge in [-0.1, -0.05) is 0 Å². The fraction of sp³-hybridized carbons (Fsp3) is 1.00. The van der Waals surface area contributed by atoms with Crippen LogP contribution in [0.1, 0.15) is 0 Å². The molecule has 1 heterocycles. The standard InChI is InChI=1S/C7H14O6/c1-12-2-3-4(8)5(9)6(10)7(11)13-3/h3-11H,2H2,1H3/t3?,4?,5?,6-,7+/m1/s1. The van der Waals surface area contributed by atoms with E-state index in [-0.39, 0.29) is 6.61 Å². The Kier molecular flexibility index (Phi) is 3.60. The Balaban J connectivity index is 2.59. The molecule has 0 bridgehead atoms. The molecule has 6 heteroatoms. The number of aliphatic hydroxyl groups is 4. The third-order valence-corrected chi connectivity index (χ3v) is 2.02. The second-order valence-electron chi connectivity index (χ2n) is 2.99. The van der Waals surface area contributed by atoms with E-state index in [2.05, 4.69) is 0 Å². The molecule has 13 heavy (non-hydrogen) atoms. The molecule has 1 saturated heterocycles. The first-order chi connectivity index (χ1) is 6.07. The summed E-state index contributed by atoms with van der Waals surface area (Å²) in [4.78, 5) is 0. The van der Waals surface area contributed by atoms with Crippen LogP contribution in [0.25, 0.3) is 0 Å². The average Bonchev–Trinajstić information content (AvgIpc) is 2.11. The van der Waals surface area contributed by atoms with Gasteiger partial charge in [-0.15, -0.1) is 0 Å². The third kappa shape index (κ3) is 2.16. The summed E-state index contributed by atoms with van der Waals surface area (Å²) in [6.45, 7) is 0.0437. The molecule has 0 radical (unpaired) electrons. The summed E-state index contributed by atoms with van der Waals surface area (Å²) in [6.07, 6.45) is -6.46. The number of hydrogen-bond acceptors (Lipinski definition) is 6. The van der Waals surface area contributed by atoms with Gasteiger partial charge in [0.1, 0.15) is 24.4 Å². The summed E-state index contributed by atoms with van der Waals surface area (Å²) in [5.41, 5.74) is 0. The Morgan fingerprint density at radius 2 is 1.69 bits per heavy atom. The highest BCUT2D eigenvalue weighted by Crippen LogP contribution is 2.19. The number of hydrogen-bond donors (Lipinski definition) is 4. The first-order valence-corrected chi connectivity index (χ1v) is 3.94.